The van der Waals surface area contributed by atoms with Gasteiger partial charge in [-0.3, -0.25) is 4.40 Å². The minimum absolute atomic E-state index is 0.358. The normalized spacial score (nSPS) is 11.0. The van der Waals surface area contributed by atoms with E-state index in [-0.39, 0.29) is 0 Å². The molecule has 23 heavy (non-hydrogen) atoms. The van der Waals surface area contributed by atoms with Gasteiger partial charge >= 0.3 is 0 Å². The minimum Gasteiger partial charge on any atom is -0.281 e. The van der Waals surface area contributed by atoms with E-state index in [4.69, 9.17) is 0 Å². The molecule has 0 radical (unpaired) electrons. The molecule has 4 nitrogen and oxygen atoms in total. The van der Waals surface area contributed by atoms with Gasteiger partial charge in [0.05, 0.1) is 0 Å². The Kier molecular flexibility index (Phi) is 4.81. The Labute approximate surface area is 136 Å². The second kappa shape index (κ2) is 7.18. The van der Waals surface area contributed by atoms with Gasteiger partial charge in [0.25, 0.3) is 0 Å². The summed E-state index contributed by atoms with van der Waals surface area (Å²) in [5, 5.41) is 3.18. The van der Waals surface area contributed by atoms with Crippen molar-refractivity contribution in [3.8, 4) is 11.3 Å². The van der Waals surface area contributed by atoms with Gasteiger partial charge in [0.2, 0.25) is 5.82 Å². The zero-order valence-corrected chi connectivity index (χ0v) is 13.4. The highest BCUT2D eigenvalue weighted by molar-refractivity contribution is 5.74. The predicted molar refractivity (Wildman–Crippen MR) is 93.9 cm³/mol. The Balaban J connectivity index is 1.83. The van der Waals surface area contributed by atoms with E-state index < -0.39 is 0 Å². The fourth-order valence-corrected chi connectivity index (χ4v) is 2.85. The maximum absolute atomic E-state index is 11.2. The quantitative estimate of drug-likeness (QED) is 0.426. The van der Waals surface area contributed by atoms with Crippen molar-refractivity contribution in [1.29, 1.82) is 0 Å². The fraction of sp³-hybridized carbons (Fsp3) is 0.316. The first-order valence-corrected chi connectivity index (χ1v) is 8.23. The number of nitrogens with zero attached hydrogens (tertiary/aromatic N) is 3. The monoisotopic (exact) mass is 307 g/mol. The van der Waals surface area contributed by atoms with E-state index >= 15 is 0 Å². The van der Waals surface area contributed by atoms with Crippen molar-refractivity contribution in [2.45, 2.75) is 39.0 Å². The van der Waals surface area contributed by atoms with E-state index in [0.29, 0.717) is 11.5 Å². The maximum atomic E-state index is 11.2. The molecule has 2 aromatic heterocycles. The Morgan fingerprint density at radius 1 is 1.04 bits per heavy atom. The van der Waals surface area contributed by atoms with Crippen molar-refractivity contribution in [3.05, 3.63) is 59.1 Å². The van der Waals surface area contributed by atoms with Crippen molar-refractivity contribution in [2.75, 3.05) is 0 Å². The highest BCUT2D eigenvalue weighted by Gasteiger charge is 2.14. The van der Waals surface area contributed by atoms with Crippen LogP contribution in [0.4, 0.5) is 5.82 Å². The number of aryl methyl sites for hydroxylation is 1. The standard InChI is InChI=1S/C19H21N3O/c1-2-3-4-5-8-15-10-12-16(13-11-15)18-19(21-23)22-14-7-6-9-17(22)20-18/h6-7,9-14H,2-5,8H2,1H3. The molecule has 4 heteroatoms. The van der Waals surface area contributed by atoms with Crippen molar-refractivity contribution in [1.82, 2.24) is 9.38 Å². The molecule has 0 aliphatic carbocycles. The van der Waals surface area contributed by atoms with E-state index in [0.717, 1.165) is 17.6 Å². The molecule has 0 aliphatic heterocycles. The molecule has 0 spiro atoms. The van der Waals surface area contributed by atoms with Crippen molar-refractivity contribution >= 4 is 11.5 Å². The van der Waals surface area contributed by atoms with E-state index in [1.807, 2.05) is 36.5 Å². The van der Waals surface area contributed by atoms with Gasteiger partial charge in [-0.25, -0.2) is 4.98 Å². The number of fused-ring (bicyclic) bond motifs is 1. The third-order valence-corrected chi connectivity index (χ3v) is 4.14. The number of hydrogen-bond donors (Lipinski definition) is 0. The second-order valence-electron chi connectivity index (χ2n) is 5.81. The number of hydrogen-bond acceptors (Lipinski definition) is 3. The number of aromatic nitrogens is 2. The third-order valence-electron chi connectivity index (χ3n) is 4.14. The summed E-state index contributed by atoms with van der Waals surface area (Å²) in [6, 6.07) is 14.0. The first kappa shape index (κ1) is 15.4. The van der Waals surface area contributed by atoms with Crippen LogP contribution >= 0.6 is 0 Å². The molecule has 0 unspecified atom stereocenters. The highest BCUT2D eigenvalue weighted by atomic mass is 16.3. The summed E-state index contributed by atoms with van der Waals surface area (Å²) in [6.45, 7) is 2.22. The summed E-state index contributed by atoms with van der Waals surface area (Å²) in [7, 11) is 0. The van der Waals surface area contributed by atoms with Crippen LogP contribution in [0.3, 0.4) is 0 Å². The van der Waals surface area contributed by atoms with Crippen LogP contribution in [0.5, 0.6) is 0 Å². The SMILES string of the molecule is CCCCCCc1ccc(-c2nc3ccccn3c2N=O)cc1. The van der Waals surface area contributed by atoms with Crippen LogP contribution in [0.1, 0.15) is 38.2 Å². The molecule has 1 aromatic carbocycles. The third kappa shape index (κ3) is 3.31. The Morgan fingerprint density at radius 2 is 1.87 bits per heavy atom. The lowest BCUT2D eigenvalue weighted by atomic mass is 10.0. The Morgan fingerprint density at radius 3 is 2.61 bits per heavy atom. The summed E-state index contributed by atoms with van der Waals surface area (Å²) < 4.78 is 1.72. The lowest BCUT2D eigenvalue weighted by molar-refractivity contribution is 0.667. The summed E-state index contributed by atoms with van der Waals surface area (Å²) >= 11 is 0. The minimum atomic E-state index is 0.358. The summed E-state index contributed by atoms with van der Waals surface area (Å²) in [6.07, 6.45) is 7.98. The molecular weight excluding hydrogens is 286 g/mol. The molecule has 118 valence electrons. The maximum Gasteiger partial charge on any atom is 0.209 e. The average molecular weight is 307 g/mol. The Hall–Kier alpha value is -2.49. The molecule has 0 N–H and O–H groups in total. The lowest BCUT2D eigenvalue weighted by Crippen LogP contribution is -1.87. The molecule has 0 saturated heterocycles. The number of unbranched alkanes of at least 4 members (excludes halogenated alkanes) is 3. The first-order valence-electron chi connectivity index (χ1n) is 8.23. The van der Waals surface area contributed by atoms with Gasteiger partial charge in [-0.15, -0.1) is 4.91 Å². The van der Waals surface area contributed by atoms with Crippen LogP contribution < -0.4 is 0 Å². The van der Waals surface area contributed by atoms with Crippen LogP contribution in [0.15, 0.2) is 53.8 Å². The van der Waals surface area contributed by atoms with Crippen molar-refractivity contribution in [3.63, 3.8) is 0 Å². The average Bonchev–Trinajstić information content (AvgIpc) is 2.98. The predicted octanol–water partition coefficient (Wildman–Crippen LogP) is 5.52. The molecule has 0 atom stereocenters. The molecule has 0 fully saturated rings. The summed E-state index contributed by atoms with van der Waals surface area (Å²) in [5.41, 5.74) is 3.64. The van der Waals surface area contributed by atoms with Crippen molar-refractivity contribution < 1.29 is 0 Å². The molecule has 0 bridgehead atoms. The second-order valence-corrected chi connectivity index (χ2v) is 5.81. The number of nitroso groups, excluding NO2 is 1. The van der Waals surface area contributed by atoms with Gasteiger partial charge in [-0.1, -0.05) is 56.5 Å². The van der Waals surface area contributed by atoms with Crippen LogP contribution in [0.2, 0.25) is 0 Å². The summed E-state index contributed by atoms with van der Waals surface area (Å²) in [5.74, 6) is 0.358. The van der Waals surface area contributed by atoms with Crippen LogP contribution in [-0.4, -0.2) is 9.38 Å². The van der Waals surface area contributed by atoms with Gasteiger partial charge in [0.1, 0.15) is 11.3 Å². The van der Waals surface area contributed by atoms with Gasteiger partial charge in [-0.05, 0) is 35.7 Å². The first-order chi connectivity index (χ1) is 11.3. The highest BCUT2D eigenvalue weighted by Crippen LogP contribution is 2.30. The number of rotatable bonds is 7. The summed E-state index contributed by atoms with van der Waals surface area (Å²) in [4.78, 5) is 15.8. The Bertz CT molecular complexity index is 790. The molecular formula is C19H21N3O. The van der Waals surface area contributed by atoms with Crippen molar-refractivity contribution in [2.24, 2.45) is 5.18 Å². The fourth-order valence-electron chi connectivity index (χ4n) is 2.85. The van der Waals surface area contributed by atoms with Gasteiger partial charge < -0.3 is 0 Å². The number of benzene rings is 1. The van der Waals surface area contributed by atoms with E-state index in [1.165, 1.54) is 31.2 Å². The topological polar surface area (TPSA) is 46.7 Å². The molecule has 0 saturated carbocycles. The van der Waals surface area contributed by atoms with Gasteiger partial charge in [0.15, 0.2) is 0 Å². The van der Waals surface area contributed by atoms with Gasteiger partial charge in [0, 0.05) is 11.8 Å². The molecule has 3 rings (SSSR count). The molecule has 0 amide bonds. The molecule has 3 aromatic rings. The molecule has 2 heterocycles. The number of imidazole rings is 1. The number of pyridine rings is 1. The van der Waals surface area contributed by atoms with E-state index in [2.05, 4.69) is 29.2 Å². The van der Waals surface area contributed by atoms with E-state index in [9.17, 15) is 4.91 Å². The van der Waals surface area contributed by atoms with Crippen LogP contribution in [0.25, 0.3) is 16.9 Å². The van der Waals surface area contributed by atoms with Crippen LogP contribution in [0, 0.1) is 4.91 Å². The smallest absolute Gasteiger partial charge is 0.209 e. The van der Waals surface area contributed by atoms with Gasteiger partial charge in [-0.2, -0.15) is 0 Å². The van der Waals surface area contributed by atoms with E-state index in [1.54, 1.807) is 4.40 Å². The molecule has 0 aliphatic rings. The lowest BCUT2D eigenvalue weighted by Gasteiger charge is -2.03. The zero-order valence-electron chi connectivity index (χ0n) is 13.4. The van der Waals surface area contributed by atoms with Crippen LogP contribution in [-0.2, 0) is 6.42 Å². The largest absolute Gasteiger partial charge is 0.281 e. The zero-order chi connectivity index (χ0) is 16.1.